The maximum absolute atomic E-state index is 13.0. The van der Waals surface area contributed by atoms with Crippen molar-refractivity contribution < 1.29 is 80.2 Å². The number of alkyl halides is 6. The molecule has 19 heteroatoms. The van der Waals surface area contributed by atoms with Crippen LogP contribution in [0, 0.1) is 0 Å². The van der Waals surface area contributed by atoms with Gasteiger partial charge in [-0.15, -0.1) is 0 Å². The van der Waals surface area contributed by atoms with Crippen LogP contribution >= 0.6 is 0 Å². The molecule has 304 valence electrons. The molecule has 0 aliphatic heterocycles. The fraction of sp³-hybridized carbons (Fsp3) is 0.389. The van der Waals surface area contributed by atoms with Crippen molar-refractivity contribution in [3.05, 3.63) is 94.5 Å². The van der Waals surface area contributed by atoms with Crippen LogP contribution < -0.4 is 0 Å². The molecule has 0 aliphatic rings. The van der Waals surface area contributed by atoms with Crippen LogP contribution in [0.3, 0.4) is 0 Å². The van der Waals surface area contributed by atoms with Gasteiger partial charge in [0.25, 0.3) is 0 Å². The maximum atomic E-state index is 13.0. The lowest BCUT2D eigenvalue weighted by atomic mass is 10.1. The number of rotatable bonds is 16. The predicted octanol–water partition coefficient (Wildman–Crippen LogP) is 6.21. The third-order valence-electron chi connectivity index (χ3n) is 6.37. The van der Waals surface area contributed by atoms with Gasteiger partial charge in [-0.1, -0.05) is 60.7 Å². The van der Waals surface area contributed by atoms with Crippen molar-refractivity contribution in [2.75, 3.05) is 26.4 Å². The van der Waals surface area contributed by atoms with E-state index < -0.39 is 83.2 Å². The Bertz CT molecular complexity index is 1550. The van der Waals surface area contributed by atoms with E-state index in [-0.39, 0.29) is 45.0 Å². The number of carbonyl (C=O) groups excluding carboxylic acids is 4. The van der Waals surface area contributed by atoms with Crippen LogP contribution in [-0.4, -0.2) is 89.8 Å². The second-order valence-corrected chi connectivity index (χ2v) is 10.3. The monoisotopic (exact) mass is 792 g/mol. The minimum atomic E-state index is -5.22. The zero-order chi connectivity index (χ0) is 40.9. The Hall–Kier alpha value is -5.72. The lowest BCUT2D eigenvalue weighted by molar-refractivity contribution is -0.143. The summed E-state index contributed by atoms with van der Waals surface area (Å²) in [5.74, 6) is -8.97. The first-order valence-electron chi connectivity index (χ1n) is 16.2. The predicted molar refractivity (Wildman–Crippen MR) is 186 cm³/mol. The van der Waals surface area contributed by atoms with Gasteiger partial charge in [0.05, 0.1) is 63.8 Å². The number of aliphatic imine (C=N–C) groups is 2. The summed E-state index contributed by atoms with van der Waals surface area (Å²) in [4.78, 5) is 55.6. The summed E-state index contributed by atoms with van der Waals surface area (Å²) in [7, 11) is 0. The van der Waals surface area contributed by atoms with Crippen LogP contribution in [0.2, 0.25) is 0 Å². The molecule has 4 N–H and O–H groups in total. The van der Waals surface area contributed by atoms with Gasteiger partial charge in [0.1, 0.15) is 11.1 Å². The molecule has 0 aliphatic carbocycles. The van der Waals surface area contributed by atoms with Crippen LogP contribution in [0.4, 0.5) is 26.3 Å². The summed E-state index contributed by atoms with van der Waals surface area (Å²) in [5, 5.41) is 19.1. The summed E-state index contributed by atoms with van der Waals surface area (Å²) in [6, 6.07) is 17.0. The van der Waals surface area contributed by atoms with E-state index in [1.807, 2.05) is 0 Å². The van der Waals surface area contributed by atoms with E-state index in [2.05, 4.69) is 19.5 Å². The van der Waals surface area contributed by atoms with E-state index in [4.69, 9.17) is 9.47 Å². The number of esters is 4. The molecule has 0 saturated heterocycles. The van der Waals surface area contributed by atoms with Crippen molar-refractivity contribution in [2.24, 2.45) is 9.98 Å². The highest BCUT2D eigenvalue weighted by Crippen LogP contribution is 2.29. The van der Waals surface area contributed by atoms with Gasteiger partial charge in [-0.05, 0) is 38.8 Å². The highest BCUT2D eigenvalue weighted by molar-refractivity contribution is 6.24. The van der Waals surface area contributed by atoms with Crippen molar-refractivity contribution in [3.63, 3.8) is 0 Å². The molecule has 0 heterocycles. The lowest BCUT2D eigenvalue weighted by Gasteiger charge is -2.14. The van der Waals surface area contributed by atoms with Crippen molar-refractivity contribution in [2.45, 2.75) is 66.0 Å². The fourth-order valence-electron chi connectivity index (χ4n) is 4.08. The number of halogens is 6. The van der Waals surface area contributed by atoms with Gasteiger partial charge in [0.2, 0.25) is 11.5 Å². The number of allylic oxidation sites excluding steroid dienone is 2. The van der Waals surface area contributed by atoms with Crippen LogP contribution in [-0.2, 0) is 51.2 Å². The molecule has 0 aromatic heterocycles. The zero-order valence-electron chi connectivity index (χ0n) is 30.3. The molecule has 2 rings (SSSR count). The average molecular weight is 793 g/mol. The molecule has 2 aromatic carbocycles. The summed E-state index contributed by atoms with van der Waals surface area (Å²) >= 11 is 0. The van der Waals surface area contributed by atoms with E-state index in [1.165, 1.54) is 27.7 Å². The van der Waals surface area contributed by atoms with E-state index in [0.29, 0.717) is 11.1 Å². The summed E-state index contributed by atoms with van der Waals surface area (Å²) in [6.07, 6.45) is -11.9. The quantitative estimate of drug-likeness (QED) is 0.0491. The van der Waals surface area contributed by atoms with Crippen molar-refractivity contribution >= 4 is 35.3 Å². The van der Waals surface area contributed by atoms with Gasteiger partial charge in [-0.2, -0.15) is 26.3 Å². The largest absolute Gasteiger partial charge is 0.504 e. The molecule has 0 saturated carbocycles. The van der Waals surface area contributed by atoms with Crippen molar-refractivity contribution in [1.29, 1.82) is 0 Å². The fourth-order valence-corrected chi connectivity index (χ4v) is 4.08. The van der Waals surface area contributed by atoms with Gasteiger partial charge in [-0.3, -0.25) is 19.6 Å². The molecule has 13 nitrogen and oxygen atoms in total. The average Bonchev–Trinajstić information content (AvgIpc) is 3.10. The molecule has 2 aromatic rings. The number of aliphatic hydroxyl groups excluding tert-OH is 2. The smallest absolute Gasteiger partial charge is 0.449 e. The molecule has 0 amide bonds. The molecule has 0 bridgehead atoms. The molecule has 0 spiro atoms. The number of ether oxygens (including phenoxy) is 4. The van der Waals surface area contributed by atoms with E-state index in [1.54, 1.807) is 60.7 Å². The summed E-state index contributed by atoms with van der Waals surface area (Å²) in [6.45, 7) is 5.16. The molecule has 0 fully saturated rings. The topological polar surface area (TPSA) is 202 Å². The Balaban J connectivity index is 0.00000104. The van der Waals surface area contributed by atoms with Crippen molar-refractivity contribution in [3.8, 4) is 0 Å². The van der Waals surface area contributed by atoms with E-state index in [9.17, 15) is 55.7 Å². The highest BCUT2D eigenvalue weighted by Gasteiger charge is 2.42. The van der Waals surface area contributed by atoms with Crippen LogP contribution in [0.1, 0.15) is 51.7 Å². The summed E-state index contributed by atoms with van der Waals surface area (Å²) < 4.78 is 96.8. The Morgan fingerprint density at radius 1 is 0.545 bits per heavy atom. The van der Waals surface area contributed by atoms with E-state index >= 15 is 0 Å². The van der Waals surface area contributed by atoms with Crippen LogP contribution in [0.25, 0.3) is 0 Å². The standard InChI is InChI=1S/2C18H20F3NO5.H2O/c2*1-3-26-14(23)10-13(22-11-12-8-6-5-7-9-12)15(17(25)27-4-2)16(24)18(19,20)21;/h2*5-9,24H,3-4,10-11H2,1-2H3;1H2. The van der Waals surface area contributed by atoms with Gasteiger partial charge >= 0.3 is 36.2 Å². The number of hydrogen-bond donors (Lipinski definition) is 2. The number of nitrogens with zero attached hydrogens (tertiary/aromatic N) is 2. The SMILES string of the molecule is CCOC(=O)CC(=NCc1ccccc1)C(C(=O)OCC)=C(O)C(F)(F)F.CCOC(=O)CC(=NCc1ccccc1)C(C(=O)OCC)=C(O)C(F)(F)F.O. The first-order chi connectivity index (χ1) is 25.4. The second-order valence-electron chi connectivity index (χ2n) is 10.3. The number of aliphatic hydroxyl groups is 2. The van der Waals surface area contributed by atoms with Crippen LogP contribution in [0.5, 0.6) is 0 Å². The number of benzene rings is 2. The molecule has 55 heavy (non-hydrogen) atoms. The van der Waals surface area contributed by atoms with Crippen molar-refractivity contribution in [1.82, 2.24) is 0 Å². The van der Waals surface area contributed by atoms with Crippen LogP contribution in [0.15, 0.2) is 93.3 Å². The minimum Gasteiger partial charge on any atom is -0.504 e. The third-order valence-corrected chi connectivity index (χ3v) is 6.37. The normalized spacial score (nSPS) is 12.8. The van der Waals surface area contributed by atoms with E-state index in [0.717, 1.165) is 0 Å². The molecule has 0 unspecified atom stereocenters. The lowest BCUT2D eigenvalue weighted by Crippen LogP contribution is -2.26. The third kappa shape index (κ3) is 17.8. The maximum Gasteiger partial charge on any atom is 0.449 e. The Morgan fingerprint density at radius 3 is 1.09 bits per heavy atom. The Morgan fingerprint density at radius 2 is 0.836 bits per heavy atom. The first kappa shape index (κ1) is 49.3. The molecular weight excluding hydrogens is 750 g/mol. The number of carbonyl (C=O) groups is 4. The second kappa shape index (κ2) is 24.6. The van der Waals surface area contributed by atoms with Gasteiger partial charge in [-0.25, -0.2) is 9.59 Å². The first-order valence-corrected chi connectivity index (χ1v) is 16.2. The number of hydrogen-bond acceptors (Lipinski definition) is 12. The molecule has 0 atom stereocenters. The molecule has 0 radical (unpaired) electrons. The molecular formula is C36H42F6N2O11. The summed E-state index contributed by atoms with van der Waals surface area (Å²) in [5.41, 5.74) is -2.26. The van der Waals surface area contributed by atoms with Gasteiger partial charge in [0.15, 0.2) is 0 Å². The van der Waals surface area contributed by atoms with Gasteiger partial charge in [0, 0.05) is 0 Å². The Labute approximate surface area is 312 Å². The zero-order valence-corrected chi connectivity index (χ0v) is 30.3. The highest BCUT2D eigenvalue weighted by atomic mass is 19.4. The minimum absolute atomic E-state index is 0. The Kier molecular flexibility index (Phi) is 22.0. The van der Waals surface area contributed by atoms with Gasteiger partial charge < -0.3 is 34.6 Å².